The summed E-state index contributed by atoms with van der Waals surface area (Å²) in [7, 11) is 0. The first-order valence-corrected chi connectivity index (χ1v) is 6.15. The van der Waals surface area contributed by atoms with Crippen LogP contribution in [-0.4, -0.2) is 15.9 Å². The van der Waals surface area contributed by atoms with E-state index in [0.29, 0.717) is 11.7 Å². The van der Waals surface area contributed by atoms with Gasteiger partial charge in [0.15, 0.2) is 0 Å². The third-order valence-corrected chi connectivity index (χ3v) is 3.14. The van der Waals surface area contributed by atoms with E-state index < -0.39 is 0 Å². The van der Waals surface area contributed by atoms with Gasteiger partial charge in [-0.3, -0.25) is 4.79 Å². The number of hydrogen-bond acceptors (Lipinski definition) is 4. The van der Waals surface area contributed by atoms with E-state index in [4.69, 9.17) is 4.52 Å². The van der Waals surface area contributed by atoms with Crippen molar-refractivity contribution in [3.63, 3.8) is 0 Å². The number of hydrogen-bond donors (Lipinski definition) is 0. The normalized spacial score (nSPS) is 14.7. The number of Topliss-reactive ketones (excluding diaryl/α,β-unsaturated/α-hetero) is 1. The molecule has 2 aromatic rings. The van der Waals surface area contributed by atoms with Gasteiger partial charge >= 0.3 is 0 Å². The van der Waals surface area contributed by atoms with Gasteiger partial charge in [0.25, 0.3) is 0 Å². The SMILES string of the molecule is Cc1ccc(-c2noc(CC(=O)C3CC3)n2)cc1. The second kappa shape index (κ2) is 4.37. The summed E-state index contributed by atoms with van der Waals surface area (Å²) >= 11 is 0. The van der Waals surface area contributed by atoms with Gasteiger partial charge in [0.1, 0.15) is 5.78 Å². The molecule has 1 aromatic carbocycles. The van der Waals surface area contributed by atoms with Gasteiger partial charge in [0.2, 0.25) is 11.7 Å². The van der Waals surface area contributed by atoms with Crippen LogP contribution in [0.15, 0.2) is 28.8 Å². The van der Waals surface area contributed by atoms with Crippen LogP contribution in [0.2, 0.25) is 0 Å². The smallest absolute Gasteiger partial charge is 0.234 e. The van der Waals surface area contributed by atoms with Gasteiger partial charge in [-0.1, -0.05) is 35.0 Å². The first kappa shape index (κ1) is 11.1. The van der Waals surface area contributed by atoms with Crippen molar-refractivity contribution in [1.82, 2.24) is 10.1 Å². The fourth-order valence-electron chi connectivity index (χ4n) is 1.85. The quantitative estimate of drug-likeness (QED) is 0.826. The van der Waals surface area contributed by atoms with Crippen molar-refractivity contribution in [2.45, 2.75) is 26.2 Å². The molecule has 0 spiro atoms. The standard InChI is InChI=1S/C14H14N2O2/c1-9-2-4-11(5-3-9)14-15-13(18-16-14)8-12(17)10-6-7-10/h2-5,10H,6-8H2,1H3. The second-order valence-corrected chi connectivity index (χ2v) is 4.80. The van der Waals surface area contributed by atoms with Crippen molar-refractivity contribution in [2.24, 2.45) is 5.92 Å². The van der Waals surface area contributed by atoms with Crippen molar-refractivity contribution in [2.75, 3.05) is 0 Å². The topological polar surface area (TPSA) is 56.0 Å². The maximum Gasteiger partial charge on any atom is 0.234 e. The third kappa shape index (κ3) is 2.32. The Labute approximate surface area is 105 Å². The zero-order valence-corrected chi connectivity index (χ0v) is 10.2. The first-order chi connectivity index (χ1) is 8.72. The Morgan fingerprint density at radius 1 is 1.33 bits per heavy atom. The van der Waals surface area contributed by atoms with Gasteiger partial charge in [0.05, 0.1) is 6.42 Å². The van der Waals surface area contributed by atoms with Gasteiger partial charge in [0, 0.05) is 11.5 Å². The summed E-state index contributed by atoms with van der Waals surface area (Å²) < 4.78 is 5.12. The monoisotopic (exact) mass is 242 g/mol. The highest BCUT2D eigenvalue weighted by Crippen LogP contribution is 2.30. The zero-order chi connectivity index (χ0) is 12.5. The summed E-state index contributed by atoms with van der Waals surface area (Å²) in [6.07, 6.45) is 2.29. The van der Waals surface area contributed by atoms with E-state index in [1.54, 1.807) is 0 Å². The Balaban J connectivity index is 1.76. The minimum atomic E-state index is 0.217. The first-order valence-electron chi connectivity index (χ1n) is 6.15. The Morgan fingerprint density at radius 3 is 2.72 bits per heavy atom. The molecule has 3 rings (SSSR count). The van der Waals surface area contributed by atoms with Gasteiger partial charge in [-0.2, -0.15) is 4.98 Å². The van der Waals surface area contributed by atoms with Gasteiger partial charge in [-0.05, 0) is 19.8 Å². The average Bonchev–Trinajstić information content (AvgIpc) is 3.12. The van der Waals surface area contributed by atoms with E-state index >= 15 is 0 Å². The number of rotatable bonds is 4. The molecule has 0 amide bonds. The lowest BCUT2D eigenvalue weighted by Gasteiger charge is -1.94. The minimum Gasteiger partial charge on any atom is -0.339 e. The Kier molecular flexibility index (Phi) is 2.70. The zero-order valence-electron chi connectivity index (χ0n) is 10.2. The molecule has 0 aliphatic heterocycles. The molecule has 92 valence electrons. The highest BCUT2D eigenvalue weighted by molar-refractivity contribution is 5.84. The van der Waals surface area contributed by atoms with Crippen LogP contribution >= 0.6 is 0 Å². The lowest BCUT2D eigenvalue weighted by atomic mass is 10.1. The molecular formula is C14H14N2O2. The fraction of sp³-hybridized carbons (Fsp3) is 0.357. The molecule has 0 N–H and O–H groups in total. The van der Waals surface area contributed by atoms with Gasteiger partial charge < -0.3 is 4.52 Å². The summed E-state index contributed by atoms with van der Waals surface area (Å²) in [4.78, 5) is 15.9. The predicted octanol–water partition coefficient (Wildman–Crippen LogP) is 2.57. The minimum absolute atomic E-state index is 0.217. The third-order valence-electron chi connectivity index (χ3n) is 3.14. The summed E-state index contributed by atoms with van der Waals surface area (Å²) in [5, 5.41) is 3.91. The number of benzene rings is 1. The molecular weight excluding hydrogens is 228 g/mol. The summed E-state index contributed by atoms with van der Waals surface area (Å²) in [5.41, 5.74) is 2.10. The number of ketones is 1. The van der Waals surface area contributed by atoms with Crippen molar-refractivity contribution in [1.29, 1.82) is 0 Å². The van der Waals surface area contributed by atoms with Crippen LogP contribution in [0.5, 0.6) is 0 Å². The molecule has 0 saturated heterocycles. The van der Waals surface area contributed by atoms with Crippen molar-refractivity contribution in [3.8, 4) is 11.4 Å². The second-order valence-electron chi connectivity index (χ2n) is 4.80. The molecule has 4 nitrogen and oxygen atoms in total. The van der Waals surface area contributed by atoms with E-state index in [2.05, 4.69) is 10.1 Å². The van der Waals surface area contributed by atoms with E-state index in [-0.39, 0.29) is 18.1 Å². The van der Waals surface area contributed by atoms with Crippen LogP contribution < -0.4 is 0 Å². The Hall–Kier alpha value is -1.97. The maximum atomic E-state index is 11.6. The van der Waals surface area contributed by atoms with Crippen LogP contribution in [-0.2, 0) is 11.2 Å². The average molecular weight is 242 g/mol. The molecule has 1 aliphatic carbocycles. The summed E-state index contributed by atoms with van der Waals surface area (Å²) in [6.45, 7) is 2.03. The number of aromatic nitrogens is 2. The molecule has 1 heterocycles. The van der Waals surface area contributed by atoms with E-state index in [0.717, 1.165) is 18.4 Å². The van der Waals surface area contributed by atoms with Crippen LogP contribution in [0.3, 0.4) is 0 Å². The summed E-state index contributed by atoms with van der Waals surface area (Å²) in [5.74, 6) is 1.42. The maximum absolute atomic E-state index is 11.6. The number of nitrogens with zero attached hydrogens (tertiary/aromatic N) is 2. The van der Waals surface area contributed by atoms with Crippen LogP contribution in [0, 0.1) is 12.8 Å². The van der Waals surface area contributed by atoms with Gasteiger partial charge in [-0.15, -0.1) is 0 Å². The van der Waals surface area contributed by atoms with Gasteiger partial charge in [-0.25, -0.2) is 0 Å². The molecule has 1 aliphatic rings. The molecule has 0 unspecified atom stereocenters. The molecule has 18 heavy (non-hydrogen) atoms. The fourth-order valence-corrected chi connectivity index (χ4v) is 1.85. The highest BCUT2D eigenvalue weighted by Gasteiger charge is 2.30. The Morgan fingerprint density at radius 2 is 2.06 bits per heavy atom. The molecule has 0 bridgehead atoms. The Bertz CT molecular complexity index is 568. The van der Waals surface area contributed by atoms with Crippen molar-refractivity contribution < 1.29 is 9.32 Å². The largest absolute Gasteiger partial charge is 0.339 e. The molecule has 0 atom stereocenters. The molecule has 1 fully saturated rings. The molecule has 4 heteroatoms. The van der Waals surface area contributed by atoms with Crippen LogP contribution in [0.1, 0.15) is 24.3 Å². The lowest BCUT2D eigenvalue weighted by molar-refractivity contribution is -0.119. The number of carbonyl (C=O) groups excluding carboxylic acids is 1. The van der Waals surface area contributed by atoms with Crippen molar-refractivity contribution >= 4 is 5.78 Å². The molecule has 0 radical (unpaired) electrons. The lowest BCUT2D eigenvalue weighted by Crippen LogP contribution is -2.04. The summed E-state index contributed by atoms with van der Waals surface area (Å²) in [6, 6.07) is 7.90. The van der Waals surface area contributed by atoms with E-state index in [9.17, 15) is 4.79 Å². The van der Waals surface area contributed by atoms with E-state index in [1.807, 2.05) is 31.2 Å². The molecule has 1 saturated carbocycles. The van der Waals surface area contributed by atoms with Crippen molar-refractivity contribution in [3.05, 3.63) is 35.7 Å². The van der Waals surface area contributed by atoms with Crippen LogP contribution in [0.4, 0.5) is 0 Å². The predicted molar refractivity (Wildman–Crippen MR) is 65.9 cm³/mol. The van der Waals surface area contributed by atoms with E-state index in [1.165, 1.54) is 5.56 Å². The molecule has 1 aromatic heterocycles. The number of carbonyl (C=O) groups is 1. The number of aryl methyl sites for hydroxylation is 1. The van der Waals surface area contributed by atoms with Crippen LogP contribution in [0.25, 0.3) is 11.4 Å². The highest BCUT2D eigenvalue weighted by atomic mass is 16.5.